The maximum absolute atomic E-state index is 12.7. The van der Waals surface area contributed by atoms with Crippen LogP contribution in [0.25, 0.3) is 21.5 Å². The van der Waals surface area contributed by atoms with E-state index < -0.39 is 0 Å². The summed E-state index contributed by atoms with van der Waals surface area (Å²) < 4.78 is 1.000. The van der Waals surface area contributed by atoms with Gasteiger partial charge in [-0.25, -0.2) is 4.98 Å². The molecule has 0 spiro atoms. The molecule has 1 aliphatic heterocycles. The molecule has 1 amide bonds. The van der Waals surface area contributed by atoms with E-state index in [0.29, 0.717) is 5.56 Å². The Morgan fingerprint density at radius 1 is 1.00 bits per heavy atom. The fourth-order valence-electron chi connectivity index (χ4n) is 3.55. The van der Waals surface area contributed by atoms with E-state index >= 15 is 0 Å². The molecule has 0 saturated carbocycles. The maximum atomic E-state index is 12.7. The molecule has 1 fully saturated rings. The van der Waals surface area contributed by atoms with E-state index in [1.807, 2.05) is 48.5 Å². The van der Waals surface area contributed by atoms with Gasteiger partial charge in [0.15, 0.2) is 5.82 Å². The fourth-order valence-corrected chi connectivity index (χ4v) is 4.27. The van der Waals surface area contributed by atoms with Crippen LogP contribution in [0.15, 0.2) is 60.1 Å². The quantitative estimate of drug-likeness (QED) is 0.541. The Morgan fingerprint density at radius 3 is 2.72 bits per heavy atom. The van der Waals surface area contributed by atoms with E-state index in [0.717, 1.165) is 46.1 Å². The highest BCUT2D eigenvalue weighted by molar-refractivity contribution is 7.16. The number of thiazole rings is 1. The average molecular weight is 401 g/mol. The topological polar surface area (TPSA) is 71.0 Å². The molecule has 0 atom stereocenters. The van der Waals surface area contributed by atoms with Crippen LogP contribution in [0.5, 0.6) is 0 Å². The SMILES string of the molecule is O=C(Nc1cccc(-c2ccc(N3CCCC3)nn2)c1)c1ccc2ncsc2c1. The summed E-state index contributed by atoms with van der Waals surface area (Å²) in [4.78, 5) is 19.2. The first-order chi connectivity index (χ1) is 14.3. The zero-order chi connectivity index (χ0) is 19.6. The highest BCUT2D eigenvalue weighted by Crippen LogP contribution is 2.24. The van der Waals surface area contributed by atoms with Crippen molar-refractivity contribution in [2.75, 3.05) is 23.3 Å². The number of fused-ring (bicyclic) bond motifs is 1. The first-order valence-electron chi connectivity index (χ1n) is 9.60. The van der Waals surface area contributed by atoms with E-state index in [1.165, 1.54) is 24.2 Å². The first-order valence-corrected chi connectivity index (χ1v) is 10.5. The van der Waals surface area contributed by atoms with Gasteiger partial charge < -0.3 is 10.2 Å². The summed E-state index contributed by atoms with van der Waals surface area (Å²) >= 11 is 1.53. The van der Waals surface area contributed by atoms with Gasteiger partial charge in [-0.2, -0.15) is 0 Å². The molecular formula is C22H19N5OS. The first kappa shape index (κ1) is 17.8. The summed E-state index contributed by atoms with van der Waals surface area (Å²) in [5.41, 5.74) is 5.73. The van der Waals surface area contributed by atoms with Crippen molar-refractivity contribution >= 4 is 39.0 Å². The molecule has 29 heavy (non-hydrogen) atoms. The van der Waals surface area contributed by atoms with Crippen LogP contribution in [0.1, 0.15) is 23.2 Å². The number of benzene rings is 2. The zero-order valence-corrected chi connectivity index (χ0v) is 16.5. The smallest absolute Gasteiger partial charge is 0.255 e. The van der Waals surface area contributed by atoms with Crippen LogP contribution >= 0.6 is 11.3 Å². The highest BCUT2D eigenvalue weighted by Gasteiger charge is 2.14. The minimum Gasteiger partial charge on any atom is -0.355 e. The van der Waals surface area contributed by atoms with Gasteiger partial charge in [-0.3, -0.25) is 4.79 Å². The number of amides is 1. The molecular weight excluding hydrogens is 382 g/mol. The van der Waals surface area contributed by atoms with Crippen LogP contribution in [-0.4, -0.2) is 34.2 Å². The Hall–Kier alpha value is -3.32. The van der Waals surface area contributed by atoms with E-state index in [4.69, 9.17) is 0 Å². The van der Waals surface area contributed by atoms with Gasteiger partial charge in [-0.1, -0.05) is 12.1 Å². The Kier molecular flexibility index (Phi) is 4.65. The maximum Gasteiger partial charge on any atom is 0.255 e. The number of anilines is 2. The van der Waals surface area contributed by atoms with Crippen LogP contribution in [0.2, 0.25) is 0 Å². The Morgan fingerprint density at radius 2 is 1.90 bits per heavy atom. The number of hydrogen-bond donors (Lipinski definition) is 1. The Labute approximate surface area is 172 Å². The van der Waals surface area contributed by atoms with Crippen molar-refractivity contribution in [3.63, 3.8) is 0 Å². The third-order valence-electron chi connectivity index (χ3n) is 5.09. The van der Waals surface area contributed by atoms with Gasteiger partial charge in [-0.15, -0.1) is 21.5 Å². The number of hydrogen-bond acceptors (Lipinski definition) is 6. The number of rotatable bonds is 4. The number of aromatic nitrogens is 3. The summed E-state index contributed by atoms with van der Waals surface area (Å²) in [6.45, 7) is 2.09. The third kappa shape index (κ3) is 3.69. The molecule has 2 aromatic heterocycles. The molecule has 0 unspecified atom stereocenters. The molecule has 144 valence electrons. The number of carbonyl (C=O) groups is 1. The lowest BCUT2D eigenvalue weighted by atomic mass is 10.1. The van der Waals surface area contributed by atoms with E-state index in [2.05, 4.69) is 25.4 Å². The highest BCUT2D eigenvalue weighted by atomic mass is 32.1. The monoisotopic (exact) mass is 401 g/mol. The molecule has 7 heteroatoms. The molecule has 0 radical (unpaired) electrons. The number of nitrogens with one attached hydrogen (secondary N) is 1. The molecule has 1 saturated heterocycles. The van der Waals surface area contributed by atoms with Crippen molar-refractivity contribution in [1.29, 1.82) is 0 Å². The predicted molar refractivity (Wildman–Crippen MR) is 116 cm³/mol. The predicted octanol–water partition coefficient (Wildman–Crippen LogP) is 4.61. The van der Waals surface area contributed by atoms with E-state index in [-0.39, 0.29) is 5.91 Å². The van der Waals surface area contributed by atoms with Crippen LogP contribution < -0.4 is 10.2 Å². The fraction of sp³-hybridized carbons (Fsp3) is 0.182. The molecule has 1 N–H and O–H groups in total. The minimum absolute atomic E-state index is 0.145. The number of nitrogens with zero attached hydrogens (tertiary/aromatic N) is 4. The van der Waals surface area contributed by atoms with Crippen molar-refractivity contribution in [2.24, 2.45) is 0 Å². The second kappa shape index (κ2) is 7.60. The Bertz CT molecular complexity index is 1170. The van der Waals surface area contributed by atoms with Gasteiger partial charge in [-0.05, 0) is 55.3 Å². The summed E-state index contributed by atoms with van der Waals surface area (Å²) in [6.07, 6.45) is 2.42. The lowest BCUT2D eigenvalue weighted by Crippen LogP contribution is -2.19. The lowest BCUT2D eigenvalue weighted by Gasteiger charge is -2.15. The summed E-state index contributed by atoms with van der Waals surface area (Å²) in [7, 11) is 0. The van der Waals surface area contributed by atoms with E-state index in [1.54, 1.807) is 11.6 Å². The molecule has 4 aromatic rings. The van der Waals surface area contributed by atoms with Gasteiger partial charge in [0.25, 0.3) is 5.91 Å². The molecule has 6 nitrogen and oxygen atoms in total. The standard InChI is InChI=1S/C22H19N5OS/c28-22(16-6-7-19-20(13-16)29-14-23-19)24-17-5-3-4-15(12-17)18-8-9-21(26-25-18)27-10-1-2-11-27/h3-9,12-14H,1-2,10-11H2,(H,24,28). The van der Waals surface area contributed by atoms with Crippen LogP contribution in [0.3, 0.4) is 0 Å². The van der Waals surface area contributed by atoms with Crippen molar-refractivity contribution in [3.05, 3.63) is 65.7 Å². The van der Waals surface area contributed by atoms with Crippen LogP contribution in [-0.2, 0) is 0 Å². The van der Waals surface area contributed by atoms with Gasteiger partial charge in [0.05, 0.1) is 21.4 Å². The van der Waals surface area contributed by atoms with E-state index in [9.17, 15) is 4.79 Å². The largest absolute Gasteiger partial charge is 0.355 e. The zero-order valence-electron chi connectivity index (χ0n) is 15.7. The van der Waals surface area contributed by atoms with Crippen molar-refractivity contribution in [2.45, 2.75) is 12.8 Å². The van der Waals surface area contributed by atoms with Crippen molar-refractivity contribution < 1.29 is 4.79 Å². The molecule has 2 aromatic carbocycles. The average Bonchev–Trinajstić information content (AvgIpc) is 3.45. The summed E-state index contributed by atoms with van der Waals surface area (Å²) in [6, 6.07) is 17.2. The molecule has 1 aliphatic rings. The number of carbonyl (C=O) groups excluding carboxylic acids is 1. The van der Waals surface area contributed by atoms with Gasteiger partial charge in [0.1, 0.15) is 0 Å². The molecule has 0 bridgehead atoms. The summed E-state index contributed by atoms with van der Waals surface area (Å²) in [5.74, 6) is 0.780. The van der Waals surface area contributed by atoms with Crippen LogP contribution in [0.4, 0.5) is 11.5 Å². The Balaban J connectivity index is 1.34. The van der Waals surface area contributed by atoms with Crippen LogP contribution in [0, 0.1) is 0 Å². The molecule has 5 rings (SSSR count). The second-order valence-electron chi connectivity index (χ2n) is 7.04. The second-order valence-corrected chi connectivity index (χ2v) is 7.93. The normalized spacial score (nSPS) is 13.7. The minimum atomic E-state index is -0.145. The molecule has 3 heterocycles. The van der Waals surface area contributed by atoms with Gasteiger partial charge in [0, 0.05) is 29.9 Å². The third-order valence-corrected chi connectivity index (χ3v) is 5.88. The summed E-state index contributed by atoms with van der Waals surface area (Å²) in [5, 5.41) is 11.7. The van der Waals surface area contributed by atoms with Gasteiger partial charge in [0.2, 0.25) is 0 Å². The van der Waals surface area contributed by atoms with Crippen molar-refractivity contribution in [3.8, 4) is 11.3 Å². The lowest BCUT2D eigenvalue weighted by molar-refractivity contribution is 0.102. The van der Waals surface area contributed by atoms with Crippen molar-refractivity contribution in [1.82, 2.24) is 15.2 Å². The molecule has 0 aliphatic carbocycles. The van der Waals surface area contributed by atoms with Gasteiger partial charge >= 0.3 is 0 Å².